The Labute approximate surface area is 92.7 Å². The van der Waals surface area contributed by atoms with Gasteiger partial charge < -0.3 is 10.1 Å². The van der Waals surface area contributed by atoms with Crippen LogP contribution < -0.4 is 0 Å². The van der Waals surface area contributed by atoms with Crippen molar-refractivity contribution in [2.45, 2.75) is 13.8 Å². The van der Waals surface area contributed by atoms with E-state index < -0.39 is 0 Å². The molecule has 0 bridgehead atoms. The second kappa shape index (κ2) is 3.59. The minimum atomic E-state index is 0.182. The van der Waals surface area contributed by atoms with Gasteiger partial charge in [0, 0.05) is 11.3 Å². The Kier molecular flexibility index (Phi) is 2.40. The third kappa shape index (κ3) is 1.83. The molecule has 2 rings (SSSR count). The number of H-pyrrole nitrogens is 1. The van der Waals surface area contributed by atoms with Gasteiger partial charge in [-0.05, 0) is 32.0 Å². The smallest absolute Gasteiger partial charge is 0.139 e. The highest BCUT2D eigenvalue weighted by Crippen LogP contribution is 2.29. The fraction of sp³-hybridized carbons (Fsp3) is 0.182. The molecule has 78 valence electrons. The van der Waals surface area contributed by atoms with Crippen LogP contribution in [0.4, 0.5) is 0 Å². The van der Waals surface area contributed by atoms with Crippen molar-refractivity contribution in [1.29, 1.82) is 0 Å². The molecule has 0 aliphatic rings. The molecule has 15 heavy (non-hydrogen) atoms. The Bertz CT molecular complexity index is 486. The summed E-state index contributed by atoms with van der Waals surface area (Å²) in [7, 11) is 0. The normalized spacial score (nSPS) is 10.6. The maximum absolute atomic E-state index is 9.37. The van der Waals surface area contributed by atoms with Crippen molar-refractivity contribution < 1.29 is 5.11 Å². The Balaban J connectivity index is 2.58. The number of nitrogens with one attached hydrogen (secondary N) is 1. The van der Waals surface area contributed by atoms with E-state index in [0.717, 1.165) is 11.4 Å². The Morgan fingerprint density at radius 3 is 2.67 bits per heavy atom. The number of halogens is 1. The van der Waals surface area contributed by atoms with E-state index in [1.165, 1.54) is 0 Å². The third-order valence-corrected chi connectivity index (χ3v) is 2.66. The van der Waals surface area contributed by atoms with E-state index in [2.05, 4.69) is 9.97 Å². The van der Waals surface area contributed by atoms with Crippen LogP contribution in [0.25, 0.3) is 11.4 Å². The molecule has 0 radical (unpaired) electrons. The first-order valence-electron chi connectivity index (χ1n) is 4.60. The van der Waals surface area contributed by atoms with Gasteiger partial charge in [-0.15, -0.1) is 0 Å². The van der Waals surface area contributed by atoms with Crippen molar-refractivity contribution in [1.82, 2.24) is 9.97 Å². The van der Waals surface area contributed by atoms with Gasteiger partial charge in [-0.2, -0.15) is 0 Å². The molecule has 0 spiro atoms. The highest BCUT2D eigenvalue weighted by Gasteiger charge is 2.09. The minimum Gasteiger partial charge on any atom is -0.508 e. The number of imidazole rings is 1. The number of rotatable bonds is 1. The predicted molar refractivity (Wildman–Crippen MR) is 60.2 cm³/mol. The molecule has 0 aliphatic carbocycles. The summed E-state index contributed by atoms with van der Waals surface area (Å²) in [5.74, 6) is 0.868. The molecule has 2 aromatic rings. The molecular weight excluding hydrogens is 212 g/mol. The van der Waals surface area contributed by atoms with Crippen molar-refractivity contribution in [3.05, 3.63) is 34.6 Å². The second-order valence-electron chi connectivity index (χ2n) is 3.46. The van der Waals surface area contributed by atoms with Gasteiger partial charge in [0.15, 0.2) is 0 Å². The van der Waals surface area contributed by atoms with Gasteiger partial charge in [-0.1, -0.05) is 11.6 Å². The topological polar surface area (TPSA) is 48.9 Å². The van der Waals surface area contributed by atoms with Gasteiger partial charge in [-0.25, -0.2) is 4.98 Å². The van der Waals surface area contributed by atoms with Crippen molar-refractivity contribution in [3.63, 3.8) is 0 Å². The van der Waals surface area contributed by atoms with Gasteiger partial charge >= 0.3 is 0 Å². The number of phenols is 1. The lowest BCUT2D eigenvalue weighted by Gasteiger charge is -2.01. The number of aromatic nitrogens is 2. The number of phenolic OH excluding ortho intramolecular Hbond substituents is 1. The van der Waals surface area contributed by atoms with E-state index >= 15 is 0 Å². The van der Waals surface area contributed by atoms with Crippen LogP contribution >= 0.6 is 11.6 Å². The standard InChI is InChI=1S/C11H11ClN2O/c1-6-7(2)14-11(13-6)9-5-8(15)3-4-10(9)12/h3-5,15H,1-2H3,(H,13,14). The molecule has 0 aliphatic heterocycles. The maximum Gasteiger partial charge on any atom is 0.139 e. The fourth-order valence-corrected chi connectivity index (χ4v) is 1.58. The van der Waals surface area contributed by atoms with Crippen molar-refractivity contribution in [2.75, 3.05) is 0 Å². The quantitative estimate of drug-likeness (QED) is 0.779. The summed E-state index contributed by atoms with van der Waals surface area (Å²) < 4.78 is 0. The van der Waals surface area contributed by atoms with Gasteiger partial charge in [0.2, 0.25) is 0 Å². The lowest BCUT2D eigenvalue weighted by atomic mass is 10.2. The number of hydrogen-bond acceptors (Lipinski definition) is 2. The minimum absolute atomic E-state index is 0.182. The van der Waals surface area contributed by atoms with E-state index in [4.69, 9.17) is 11.6 Å². The summed E-state index contributed by atoms with van der Waals surface area (Å²) in [6.45, 7) is 3.87. The van der Waals surface area contributed by atoms with Crippen molar-refractivity contribution >= 4 is 11.6 Å². The number of aromatic amines is 1. The fourth-order valence-electron chi connectivity index (χ4n) is 1.37. The van der Waals surface area contributed by atoms with Crippen LogP contribution in [-0.4, -0.2) is 15.1 Å². The molecule has 0 saturated carbocycles. The number of aryl methyl sites for hydroxylation is 2. The van der Waals surface area contributed by atoms with Gasteiger partial charge in [-0.3, -0.25) is 0 Å². The van der Waals surface area contributed by atoms with Gasteiger partial charge in [0.25, 0.3) is 0 Å². The monoisotopic (exact) mass is 222 g/mol. The molecule has 3 nitrogen and oxygen atoms in total. The van der Waals surface area contributed by atoms with E-state index in [9.17, 15) is 5.11 Å². The van der Waals surface area contributed by atoms with E-state index in [0.29, 0.717) is 16.4 Å². The molecule has 0 fully saturated rings. The first-order chi connectivity index (χ1) is 7.08. The zero-order valence-electron chi connectivity index (χ0n) is 8.50. The molecule has 1 heterocycles. The molecule has 1 aromatic heterocycles. The van der Waals surface area contributed by atoms with E-state index in [1.807, 2.05) is 13.8 Å². The van der Waals surface area contributed by atoms with E-state index in [-0.39, 0.29) is 5.75 Å². The maximum atomic E-state index is 9.37. The predicted octanol–water partition coefficient (Wildman–Crippen LogP) is 3.05. The van der Waals surface area contributed by atoms with Crippen LogP contribution in [0.15, 0.2) is 18.2 Å². The Hall–Kier alpha value is -1.48. The molecule has 0 amide bonds. The van der Waals surface area contributed by atoms with Crippen molar-refractivity contribution in [3.8, 4) is 17.1 Å². The lowest BCUT2D eigenvalue weighted by Crippen LogP contribution is -1.82. The molecule has 1 aromatic carbocycles. The third-order valence-electron chi connectivity index (χ3n) is 2.33. The highest BCUT2D eigenvalue weighted by atomic mass is 35.5. The molecule has 0 unspecified atom stereocenters. The second-order valence-corrected chi connectivity index (χ2v) is 3.87. The zero-order valence-corrected chi connectivity index (χ0v) is 9.26. The van der Waals surface area contributed by atoms with Crippen LogP contribution in [0.2, 0.25) is 5.02 Å². The average molecular weight is 223 g/mol. The first kappa shape index (κ1) is 10.1. The Morgan fingerprint density at radius 1 is 1.33 bits per heavy atom. The first-order valence-corrected chi connectivity index (χ1v) is 4.98. The lowest BCUT2D eigenvalue weighted by molar-refractivity contribution is 0.475. The summed E-state index contributed by atoms with van der Waals surface area (Å²) >= 11 is 6.02. The number of hydrogen-bond donors (Lipinski definition) is 2. The Morgan fingerprint density at radius 2 is 2.07 bits per heavy atom. The van der Waals surface area contributed by atoms with Crippen LogP contribution in [-0.2, 0) is 0 Å². The molecular formula is C11H11ClN2O. The largest absolute Gasteiger partial charge is 0.508 e. The molecule has 4 heteroatoms. The van der Waals surface area contributed by atoms with Crippen LogP contribution in [0.1, 0.15) is 11.4 Å². The van der Waals surface area contributed by atoms with Crippen LogP contribution in [0.5, 0.6) is 5.75 Å². The highest BCUT2D eigenvalue weighted by molar-refractivity contribution is 6.33. The molecule has 2 N–H and O–H groups in total. The number of aromatic hydroxyl groups is 1. The summed E-state index contributed by atoms with van der Waals surface area (Å²) in [6.07, 6.45) is 0. The summed E-state index contributed by atoms with van der Waals surface area (Å²) in [4.78, 5) is 7.45. The van der Waals surface area contributed by atoms with E-state index in [1.54, 1.807) is 18.2 Å². The number of benzene rings is 1. The SMILES string of the molecule is Cc1nc(-c2cc(O)ccc2Cl)[nH]c1C. The molecule has 0 atom stereocenters. The van der Waals surface area contributed by atoms with Gasteiger partial charge in [0.1, 0.15) is 11.6 Å². The summed E-state index contributed by atoms with van der Waals surface area (Å²) in [6, 6.07) is 4.80. The average Bonchev–Trinajstić information content (AvgIpc) is 2.51. The van der Waals surface area contributed by atoms with Crippen molar-refractivity contribution in [2.24, 2.45) is 0 Å². The summed E-state index contributed by atoms with van der Waals surface area (Å²) in [5.41, 5.74) is 2.65. The summed E-state index contributed by atoms with van der Waals surface area (Å²) in [5, 5.41) is 9.95. The molecule has 0 saturated heterocycles. The van der Waals surface area contributed by atoms with Crippen LogP contribution in [0.3, 0.4) is 0 Å². The zero-order chi connectivity index (χ0) is 11.0. The van der Waals surface area contributed by atoms with Crippen LogP contribution in [0, 0.1) is 13.8 Å². The number of nitrogens with zero attached hydrogens (tertiary/aromatic N) is 1. The van der Waals surface area contributed by atoms with Gasteiger partial charge in [0.05, 0.1) is 10.7 Å².